The predicted octanol–water partition coefficient (Wildman–Crippen LogP) is 3.25. The van der Waals surface area contributed by atoms with Crippen LogP contribution in [0.4, 0.5) is 4.79 Å². The van der Waals surface area contributed by atoms with Crippen LogP contribution in [0, 0.1) is 24.2 Å². The van der Waals surface area contributed by atoms with Gasteiger partial charge >= 0.3 is 6.09 Å². The van der Waals surface area contributed by atoms with Crippen LogP contribution in [0.1, 0.15) is 38.4 Å². The lowest BCUT2D eigenvalue weighted by molar-refractivity contribution is -0.0188. The number of pyridine rings is 1. The number of carbonyl (C=O) groups excluding carboxylic acids is 1. The van der Waals surface area contributed by atoms with E-state index in [1.54, 1.807) is 23.8 Å². The van der Waals surface area contributed by atoms with E-state index < -0.39 is 11.7 Å². The maximum atomic E-state index is 11.3. The van der Waals surface area contributed by atoms with Crippen LogP contribution in [-0.2, 0) is 4.74 Å². The van der Waals surface area contributed by atoms with Gasteiger partial charge in [0.25, 0.3) is 0 Å². The molecule has 0 aliphatic carbocycles. The first-order chi connectivity index (χ1) is 14.2. The summed E-state index contributed by atoms with van der Waals surface area (Å²) in [4.78, 5) is 20.2. The van der Waals surface area contributed by atoms with Gasteiger partial charge in [0.2, 0.25) is 0 Å². The predicted molar refractivity (Wildman–Crippen MR) is 110 cm³/mol. The van der Waals surface area contributed by atoms with Crippen molar-refractivity contribution in [3.63, 3.8) is 0 Å². The lowest BCUT2D eigenvalue weighted by Gasteiger charge is -2.30. The average molecular weight is 408 g/mol. The summed E-state index contributed by atoms with van der Waals surface area (Å²) in [5.41, 5.74) is 7.53. The molecule has 3 heterocycles. The molecule has 9 heteroatoms. The number of nitrogens with zero attached hydrogens (tertiary/aromatic N) is 5. The first-order valence-corrected chi connectivity index (χ1v) is 9.53. The zero-order valence-corrected chi connectivity index (χ0v) is 17.4. The normalized spacial score (nSPS) is 13.1. The van der Waals surface area contributed by atoms with Crippen molar-refractivity contribution in [2.75, 3.05) is 6.61 Å². The second kappa shape index (κ2) is 8.37. The van der Waals surface area contributed by atoms with Gasteiger partial charge in [-0.05, 0) is 38.3 Å². The molecule has 0 aromatic carbocycles. The molecule has 0 aliphatic rings. The van der Waals surface area contributed by atoms with E-state index in [0.717, 1.165) is 5.56 Å². The van der Waals surface area contributed by atoms with Crippen LogP contribution >= 0.6 is 0 Å². The van der Waals surface area contributed by atoms with Crippen LogP contribution in [0.3, 0.4) is 0 Å². The number of hydrogen-bond donors (Lipinski definition) is 1. The van der Waals surface area contributed by atoms with Crippen LogP contribution in [0.25, 0.3) is 16.9 Å². The third-order valence-electron chi connectivity index (χ3n) is 4.52. The van der Waals surface area contributed by atoms with Gasteiger partial charge in [-0.25, -0.2) is 19.3 Å². The Bertz CT molecular complexity index is 1120. The summed E-state index contributed by atoms with van der Waals surface area (Å²) in [5, 5.41) is 13.3. The standard InChI is InChI=1S/C21H24N6O3/c1-13(2)7-21(4,30-20(23)28)12-29-18-6-5-17(26-14(18)3)16-10-25-27-11-15(8-22)9-24-19(16)27/h5-6,9-11,13H,7,12H2,1-4H3,(H2,23,28). The summed E-state index contributed by atoms with van der Waals surface area (Å²) in [6, 6.07) is 5.66. The number of primary amides is 1. The minimum atomic E-state index is -0.837. The number of aromatic nitrogens is 4. The molecule has 2 N–H and O–H groups in total. The lowest BCUT2D eigenvalue weighted by atomic mass is 9.95. The first-order valence-electron chi connectivity index (χ1n) is 9.53. The van der Waals surface area contributed by atoms with Gasteiger partial charge in [-0.1, -0.05) is 13.8 Å². The Kier molecular flexibility index (Phi) is 5.87. The number of hydrogen-bond acceptors (Lipinski definition) is 7. The second-order valence-corrected chi connectivity index (χ2v) is 7.82. The molecule has 9 nitrogen and oxygen atoms in total. The van der Waals surface area contributed by atoms with Gasteiger partial charge < -0.3 is 15.2 Å². The number of nitriles is 1. The van der Waals surface area contributed by atoms with E-state index >= 15 is 0 Å². The Balaban J connectivity index is 1.82. The van der Waals surface area contributed by atoms with E-state index in [0.29, 0.717) is 40.7 Å². The summed E-state index contributed by atoms with van der Waals surface area (Å²) < 4.78 is 12.8. The van der Waals surface area contributed by atoms with Crippen LogP contribution < -0.4 is 10.5 Å². The monoisotopic (exact) mass is 408 g/mol. The molecule has 1 amide bonds. The van der Waals surface area contributed by atoms with Crippen molar-refractivity contribution in [1.82, 2.24) is 19.6 Å². The fourth-order valence-electron chi connectivity index (χ4n) is 3.43. The molecule has 0 radical (unpaired) electrons. The Hall–Kier alpha value is -3.67. The lowest BCUT2D eigenvalue weighted by Crippen LogP contribution is -2.41. The number of nitrogens with two attached hydrogens (primary N) is 1. The number of carbonyl (C=O) groups is 1. The molecule has 30 heavy (non-hydrogen) atoms. The SMILES string of the molecule is Cc1nc(-c2cnn3cc(C#N)cnc23)ccc1OCC(C)(CC(C)C)OC(N)=O. The summed E-state index contributed by atoms with van der Waals surface area (Å²) in [7, 11) is 0. The maximum Gasteiger partial charge on any atom is 0.405 e. The largest absolute Gasteiger partial charge is 0.488 e. The van der Waals surface area contributed by atoms with Gasteiger partial charge in [-0.2, -0.15) is 10.4 Å². The molecule has 0 spiro atoms. The maximum absolute atomic E-state index is 11.3. The number of amides is 1. The van der Waals surface area contributed by atoms with Crippen molar-refractivity contribution in [3.8, 4) is 23.1 Å². The van der Waals surface area contributed by atoms with E-state index in [1.807, 2.05) is 39.0 Å². The smallest absolute Gasteiger partial charge is 0.405 e. The molecule has 0 saturated carbocycles. The molecule has 3 rings (SSSR count). The van der Waals surface area contributed by atoms with E-state index in [-0.39, 0.29) is 6.61 Å². The van der Waals surface area contributed by atoms with Crippen molar-refractivity contribution < 1.29 is 14.3 Å². The van der Waals surface area contributed by atoms with Crippen molar-refractivity contribution in [3.05, 3.63) is 42.0 Å². The Labute approximate surface area is 174 Å². The van der Waals surface area contributed by atoms with Crippen LogP contribution in [0.15, 0.2) is 30.7 Å². The topological polar surface area (TPSA) is 128 Å². The highest BCUT2D eigenvalue weighted by Gasteiger charge is 2.30. The molecule has 0 fully saturated rings. The fraction of sp³-hybridized carbons (Fsp3) is 0.381. The molecule has 156 valence electrons. The highest BCUT2D eigenvalue weighted by Crippen LogP contribution is 2.28. The van der Waals surface area contributed by atoms with E-state index in [4.69, 9.17) is 20.5 Å². The first kappa shape index (κ1) is 21.0. The molecule has 0 saturated heterocycles. The van der Waals surface area contributed by atoms with E-state index in [2.05, 4.69) is 15.1 Å². The van der Waals surface area contributed by atoms with Gasteiger partial charge in [-0.3, -0.25) is 0 Å². The highest BCUT2D eigenvalue weighted by atomic mass is 16.6. The van der Waals surface area contributed by atoms with Crippen LogP contribution in [0.5, 0.6) is 5.75 Å². The Morgan fingerprint density at radius 3 is 2.77 bits per heavy atom. The summed E-state index contributed by atoms with van der Waals surface area (Å²) in [6.07, 6.45) is 4.56. The molecular weight excluding hydrogens is 384 g/mol. The quantitative estimate of drug-likeness (QED) is 0.635. The van der Waals surface area contributed by atoms with Crippen molar-refractivity contribution in [2.24, 2.45) is 11.7 Å². The summed E-state index contributed by atoms with van der Waals surface area (Å²) >= 11 is 0. The summed E-state index contributed by atoms with van der Waals surface area (Å²) in [6.45, 7) is 7.86. The van der Waals surface area contributed by atoms with Gasteiger partial charge in [0.05, 0.1) is 34.9 Å². The Morgan fingerprint density at radius 2 is 2.13 bits per heavy atom. The number of rotatable bonds is 7. The van der Waals surface area contributed by atoms with Gasteiger partial charge in [-0.15, -0.1) is 0 Å². The molecule has 1 atom stereocenters. The highest BCUT2D eigenvalue weighted by molar-refractivity contribution is 5.74. The molecule has 3 aromatic rings. The zero-order valence-electron chi connectivity index (χ0n) is 17.4. The van der Waals surface area contributed by atoms with Crippen LogP contribution in [0.2, 0.25) is 0 Å². The number of aryl methyl sites for hydroxylation is 1. The van der Waals surface area contributed by atoms with Crippen molar-refractivity contribution in [2.45, 2.75) is 39.7 Å². The van der Waals surface area contributed by atoms with Gasteiger partial charge in [0.15, 0.2) is 5.65 Å². The van der Waals surface area contributed by atoms with E-state index in [9.17, 15) is 4.79 Å². The molecule has 0 bridgehead atoms. The molecule has 1 unspecified atom stereocenters. The van der Waals surface area contributed by atoms with Crippen molar-refractivity contribution in [1.29, 1.82) is 5.26 Å². The third-order valence-corrected chi connectivity index (χ3v) is 4.52. The minimum Gasteiger partial charge on any atom is -0.488 e. The van der Waals surface area contributed by atoms with Gasteiger partial charge in [0, 0.05) is 6.20 Å². The molecule has 0 aliphatic heterocycles. The van der Waals surface area contributed by atoms with Crippen LogP contribution in [-0.4, -0.2) is 37.9 Å². The third kappa shape index (κ3) is 4.66. The summed E-state index contributed by atoms with van der Waals surface area (Å²) in [5.74, 6) is 0.877. The average Bonchev–Trinajstić information content (AvgIpc) is 3.08. The Morgan fingerprint density at radius 1 is 1.37 bits per heavy atom. The second-order valence-electron chi connectivity index (χ2n) is 7.82. The number of fused-ring (bicyclic) bond motifs is 1. The molecular formula is C21H24N6O3. The van der Waals surface area contributed by atoms with Gasteiger partial charge in [0.1, 0.15) is 24.0 Å². The zero-order chi connectivity index (χ0) is 21.9. The number of ether oxygens (including phenoxy) is 2. The van der Waals surface area contributed by atoms with Crippen molar-refractivity contribution >= 4 is 11.7 Å². The fourth-order valence-corrected chi connectivity index (χ4v) is 3.43. The van der Waals surface area contributed by atoms with E-state index in [1.165, 1.54) is 6.20 Å². The molecule has 3 aromatic heterocycles. The minimum absolute atomic E-state index is 0.158.